The second-order valence-electron chi connectivity index (χ2n) is 9.59. The van der Waals surface area contributed by atoms with Gasteiger partial charge in [0.05, 0.1) is 11.3 Å². The molecule has 0 unspecified atom stereocenters. The van der Waals surface area contributed by atoms with Gasteiger partial charge in [-0.1, -0.05) is 60.2 Å². The van der Waals surface area contributed by atoms with Crippen molar-refractivity contribution in [2.24, 2.45) is 5.10 Å². The van der Waals surface area contributed by atoms with Crippen LogP contribution in [0.3, 0.4) is 0 Å². The van der Waals surface area contributed by atoms with E-state index in [0.29, 0.717) is 16.8 Å². The van der Waals surface area contributed by atoms with Crippen molar-refractivity contribution in [1.82, 2.24) is 0 Å². The molecular formula is C34H24N4O5. The second-order valence-corrected chi connectivity index (χ2v) is 9.59. The van der Waals surface area contributed by atoms with Gasteiger partial charge in [-0.15, -0.1) is 0 Å². The monoisotopic (exact) mass is 568 g/mol. The number of hydrogen-bond donors (Lipinski definition) is 2. The van der Waals surface area contributed by atoms with Gasteiger partial charge in [0.1, 0.15) is 11.6 Å². The molecule has 9 nitrogen and oxygen atoms in total. The van der Waals surface area contributed by atoms with Crippen molar-refractivity contribution < 1.29 is 24.6 Å². The summed E-state index contributed by atoms with van der Waals surface area (Å²) in [7, 11) is 0. The number of hydrazone groups is 1. The Hall–Kier alpha value is -6.27. The number of carboxylic acid groups (broad SMARTS) is 2. The van der Waals surface area contributed by atoms with Gasteiger partial charge in [0, 0.05) is 17.1 Å². The summed E-state index contributed by atoms with van der Waals surface area (Å²) in [5.41, 5.74) is 4.44. The molecule has 1 aliphatic heterocycles. The Labute approximate surface area is 247 Å². The summed E-state index contributed by atoms with van der Waals surface area (Å²) in [6, 6.07) is 32.6. The molecule has 2 N–H and O–H groups in total. The van der Waals surface area contributed by atoms with Gasteiger partial charge in [-0.2, -0.15) is 15.4 Å². The molecule has 43 heavy (non-hydrogen) atoms. The van der Waals surface area contributed by atoms with Crippen molar-refractivity contribution in [3.05, 3.63) is 131 Å². The van der Waals surface area contributed by atoms with Crippen LogP contribution in [0.15, 0.2) is 119 Å². The average Bonchev–Trinajstić information content (AvgIpc) is 3.34. The Balaban J connectivity index is 1.49. The first kappa shape index (κ1) is 28.3. The molecule has 1 aliphatic rings. The number of carbonyl (C=O) groups excluding carboxylic acids is 1. The van der Waals surface area contributed by atoms with Gasteiger partial charge >= 0.3 is 11.9 Å². The molecule has 0 aliphatic carbocycles. The molecule has 0 saturated carbocycles. The third-order valence-electron chi connectivity index (χ3n) is 6.65. The molecule has 4 aromatic carbocycles. The first-order valence-corrected chi connectivity index (χ1v) is 13.1. The van der Waals surface area contributed by atoms with Gasteiger partial charge in [-0.05, 0) is 78.7 Å². The molecule has 5 rings (SSSR count). The van der Waals surface area contributed by atoms with Crippen molar-refractivity contribution in [3.8, 4) is 6.07 Å². The van der Waals surface area contributed by atoms with Crippen LogP contribution >= 0.6 is 0 Å². The van der Waals surface area contributed by atoms with Gasteiger partial charge in [-0.3, -0.25) is 4.79 Å². The van der Waals surface area contributed by atoms with Crippen molar-refractivity contribution in [2.45, 2.75) is 6.92 Å². The summed E-state index contributed by atoms with van der Waals surface area (Å²) in [5, 5.41) is 33.1. The summed E-state index contributed by atoms with van der Waals surface area (Å²) >= 11 is 0. The van der Waals surface area contributed by atoms with Crippen LogP contribution < -0.4 is 9.91 Å². The van der Waals surface area contributed by atoms with E-state index in [1.54, 1.807) is 60.7 Å². The van der Waals surface area contributed by atoms with E-state index in [4.69, 9.17) is 5.26 Å². The van der Waals surface area contributed by atoms with Gasteiger partial charge in [0.2, 0.25) is 0 Å². The molecule has 0 spiro atoms. The summed E-state index contributed by atoms with van der Waals surface area (Å²) in [5.74, 6) is -3.13. The lowest BCUT2D eigenvalue weighted by atomic mass is 10.1. The largest absolute Gasteiger partial charge is 0.477 e. The van der Waals surface area contributed by atoms with E-state index in [1.807, 2.05) is 60.4 Å². The zero-order valence-electron chi connectivity index (χ0n) is 22.9. The highest BCUT2D eigenvalue weighted by Crippen LogP contribution is 2.35. The molecule has 1 amide bonds. The Morgan fingerprint density at radius 2 is 1.35 bits per heavy atom. The number of para-hydroxylation sites is 1. The van der Waals surface area contributed by atoms with Crippen LogP contribution in [0.25, 0.3) is 12.2 Å². The smallest absolute Gasteiger partial charge is 0.357 e. The van der Waals surface area contributed by atoms with Crippen LogP contribution in [0.2, 0.25) is 0 Å². The van der Waals surface area contributed by atoms with Crippen molar-refractivity contribution in [3.63, 3.8) is 0 Å². The SMILES string of the molecule is Cc1ccc(N(c2ccc(C=C(C#N)C(=O)O)cc2)c2ccc(C=C3C(=O)N(c4ccccc4)N=C3C(=O)O)cc2)cc1. The molecule has 0 saturated heterocycles. The quantitative estimate of drug-likeness (QED) is 0.187. The highest BCUT2D eigenvalue weighted by molar-refractivity contribution is 6.53. The maximum Gasteiger partial charge on any atom is 0.357 e. The lowest BCUT2D eigenvalue weighted by Gasteiger charge is -2.26. The zero-order valence-corrected chi connectivity index (χ0v) is 22.9. The van der Waals surface area contributed by atoms with E-state index >= 15 is 0 Å². The third kappa shape index (κ3) is 6.09. The number of carbonyl (C=O) groups is 3. The molecule has 0 aromatic heterocycles. The molecule has 1 heterocycles. The van der Waals surface area contributed by atoms with Crippen LogP contribution in [0.5, 0.6) is 0 Å². The topological polar surface area (TPSA) is 134 Å². The minimum absolute atomic E-state index is 0.0266. The first-order chi connectivity index (χ1) is 20.7. The number of anilines is 4. The minimum atomic E-state index is -1.30. The zero-order chi connectivity index (χ0) is 30.5. The average molecular weight is 569 g/mol. The Bertz CT molecular complexity index is 1830. The first-order valence-electron chi connectivity index (χ1n) is 13.1. The number of nitriles is 1. The maximum atomic E-state index is 13.2. The highest BCUT2D eigenvalue weighted by Gasteiger charge is 2.35. The number of nitrogens with zero attached hydrogens (tertiary/aromatic N) is 4. The van der Waals surface area contributed by atoms with E-state index in [1.165, 1.54) is 12.2 Å². The van der Waals surface area contributed by atoms with Crippen LogP contribution in [0.1, 0.15) is 16.7 Å². The van der Waals surface area contributed by atoms with E-state index in [2.05, 4.69) is 5.10 Å². The molecule has 4 aromatic rings. The Kier molecular flexibility index (Phi) is 7.94. The lowest BCUT2D eigenvalue weighted by Crippen LogP contribution is -2.22. The van der Waals surface area contributed by atoms with Gasteiger partial charge < -0.3 is 15.1 Å². The number of hydrogen-bond acceptors (Lipinski definition) is 6. The van der Waals surface area contributed by atoms with Crippen molar-refractivity contribution in [2.75, 3.05) is 9.91 Å². The standard InChI is InChI=1S/C34H24N4O5/c1-22-7-13-26(14-8-22)37(27-15-9-23(10-16-27)19-25(21-35)33(40)41)28-17-11-24(12-18-28)20-30-31(34(42)43)36-38(32(30)39)29-5-3-2-4-6-29/h2-20H,1H3,(H,40,41)(H,42,43). The fourth-order valence-electron chi connectivity index (χ4n) is 4.50. The fraction of sp³-hybridized carbons (Fsp3) is 0.0294. The Morgan fingerprint density at radius 1 is 0.814 bits per heavy atom. The van der Waals surface area contributed by atoms with Crippen LogP contribution in [0.4, 0.5) is 22.7 Å². The van der Waals surface area contributed by atoms with E-state index in [9.17, 15) is 24.6 Å². The molecule has 9 heteroatoms. The number of amides is 1. The highest BCUT2D eigenvalue weighted by atomic mass is 16.4. The lowest BCUT2D eigenvalue weighted by molar-refractivity contribution is -0.132. The van der Waals surface area contributed by atoms with Crippen molar-refractivity contribution >= 4 is 58.5 Å². The molecular weight excluding hydrogens is 544 g/mol. The fourth-order valence-corrected chi connectivity index (χ4v) is 4.50. The van der Waals surface area contributed by atoms with Crippen LogP contribution in [0, 0.1) is 18.3 Å². The maximum absolute atomic E-state index is 13.2. The normalized spacial score (nSPS) is 13.9. The van der Waals surface area contributed by atoms with E-state index in [-0.39, 0.29) is 16.9 Å². The summed E-state index contributed by atoms with van der Waals surface area (Å²) in [4.78, 5) is 38.3. The summed E-state index contributed by atoms with van der Waals surface area (Å²) in [6.45, 7) is 1.99. The summed E-state index contributed by atoms with van der Waals surface area (Å²) in [6.07, 6.45) is 2.82. The molecule has 0 atom stereocenters. The Morgan fingerprint density at radius 3 is 1.86 bits per heavy atom. The van der Waals surface area contributed by atoms with Crippen LogP contribution in [-0.2, 0) is 14.4 Å². The minimum Gasteiger partial charge on any atom is -0.477 e. The van der Waals surface area contributed by atoms with E-state index in [0.717, 1.165) is 27.6 Å². The van der Waals surface area contributed by atoms with Crippen molar-refractivity contribution in [1.29, 1.82) is 5.26 Å². The third-order valence-corrected chi connectivity index (χ3v) is 6.65. The number of rotatable bonds is 8. The number of carboxylic acids is 2. The summed E-state index contributed by atoms with van der Waals surface area (Å²) < 4.78 is 0. The molecule has 0 fully saturated rings. The van der Waals surface area contributed by atoms with Gasteiger partial charge in [0.15, 0.2) is 5.71 Å². The predicted octanol–water partition coefficient (Wildman–Crippen LogP) is 6.33. The predicted molar refractivity (Wildman–Crippen MR) is 164 cm³/mol. The molecule has 210 valence electrons. The van der Waals surface area contributed by atoms with E-state index < -0.39 is 17.8 Å². The molecule has 0 radical (unpaired) electrons. The number of aryl methyl sites for hydroxylation is 1. The molecule has 0 bridgehead atoms. The van der Waals surface area contributed by atoms with Crippen LogP contribution in [-0.4, -0.2) is 33.8 Å². The van der Waals surface area contributed by atoms with Gasteiger partial charge in [0.25, 0.3) is 5.91 Å². The number of benzene rings is 4. The van der Waals surface area contributed by atoms with Gasteiger partial charge in [-0.25, -0.2) is 9.59 Å². The second kappa shape index (κ2) is 12.1. The number of aliphatic carboxylic acids is 2.